The maximum atomic E-state index is 13.6. The van der Waals surface area contributed by atoms with Crippen molar-refractivity contribution in [3.63, 3.8) is 0 Å². The van der Waals surface area contributed by atoms with Crippen LogP contribution in [0.1, 0.15) is 11.3 Å². The normalized spacial score (nSPS) is 10.8. The van der Waals surface area contributed by atoms with Gasteiger partial charge in [0.1, 0.15) is 5.82 Å². The number of nitrogens with one attached hydrogen (secondary N) is 1. The van der Waals surface area contributed by atoms with E-state index in [4.69, 9.17) is 11.6 Å². The monoisotopic (exact) mass is 254 g/mol. The highest BCUT2D eigenvalue weighted by molar-refractivity contribution is 6.30. The highest BCUT2D eigenvalue weighted by Crippen LogP contribution is 2.18. The average molecular weight is 255 g/mol. The standard InChI is InChI=1S/C11H12ClFN4/c1-14-5-9-7-17(16-15-9)6-8-3-2-4-10(12)11(8)13/h2-4,7,14H,5-6H2,1H3. The fraction of sp³-hybridized carbons (Fsp3) is 0.273. The van der Waals surface area contributed by atoms with Crippen LogP contribution in [-0.4, -0.2) is 22.0 Å². The smallest absolute Gasteiger partial charge is 0.146 e. The van der Waals surface area contributed by atoms with E-state index in [9.17, 15) is 4.39 Å². The number of aromatic nitrogens is 3. The van der Waals surface area contributed by atoms with Gasteiger partial charge >= 0.3 is 0 Å². The molecule has 1 aromatic carbocycles. The van der Waals surface area contributed by atoms with Gasteiger partial charge in [-0.15, -0.1) is 5.10 Å². The van der Waals surface area contributed by atoms with E-state index in [0.717, 1.165) is 5.69 Å². The van der Waals surface area contributed by atoms with Crippen LogP contribution < -0.4 is 5.32 Å². The van der Waals surface area contributed by atoms with Crippen LogP contribution in [0.25, 0.3) is 0 Å². The van der Waals surface area contributed by atoms with Crippen LogP contribution in [0, 0.1) is 5.82 Å². The molecule has 90 valence electrons. The highest BCUT2D eigenvalue weighted by atomic mass is 35.5. The fourth-order valence-electron chi connectivity index (χ4n) is 1.52. The molecule has 2 rings (SSSR count). The number of hydrogen-bond acceptors (Lipinski definition) is 3. The molecule has 6 heteroatoms. The van der Waals surface area contributed by atoms with Gasteiger partial charge in [0.05, 0.1) is 23.5 Å². The maximum absolute atomic E-state index is 13.6. The van der Waals surface area contributed by atoms with Crippen LogP contribution >= 0.6 is 11.6 Å². The maximum Gasteiger partial charge on any atom is 0.146 e. The van der Waals surface area contributed by atoms with Gasteiger partial charge in [-0.2, -0.15) is 0 Å². The summed E-state index contributed by atoms with van der Waals surface area (Å²) in [7, 11) is 1.83. The van der Waals surface area contributed by atoms with Gasteiger partial charge in [-0.25, -0.2) is 9.07 Å². The summed E-state index contributed by atoms with van der Waals surface area (Å²) in [5, 5.41) is 11.0. The van der Waals surface area contributed by atoms with Crippen LogP contribution in [0.4, 0.5) is 4.39 Å². The summed E-state index contributed by atoms with van der Waals surface area (Å²) in [6, 6.07) is 4.92. The summed E-state index contributed by atoms with van der Waals surface area (Å²) < 4.78 is 15.2. The minimum Gasteiger partial charge on any atom is -0.314 e. The fourth-order valence-corrected chi connectivity index (χ4v) is 1.72. The molecule has 0 radical (unpaired) electrons. The summed E-state index contributed by atoms with van der Waals surface area (Å²) in [5.41, 5.74) is 1.31. The zero-order valence-electron chi connectivity index (χ0n) is 9.32. The van der Waals surface area contributed by atoms with Crippen molar-refractivity contribution in [3.8, 4) is 0 Å². The van der Waals surface area contributed by atoms with Crippen molar-refractivity contribution < 1.29 is 4.39 Å². The number of benzene rings is 1. The van der Waals surface area contributed by atoms with Crippen molar-refractivity contribution in [1.29, 1.82) is 0 Å². The third kappa shape index (κ3) is 2.81. The molecule has 0 fully saturated rings. The van der Waals surface area contributed by atoms with Crippen molar-refractivity contribution in [1.82, 2.24) is 20.3 Å². The first-order valence-electron chi connectivity index (χ1n) is 5.17. The Labute approximate surface area is 103 Å². The van der Waals surface area contributed by atoms with E-state index >= 15 is 0 Å². The molecule has 0 bridgehead atoms. The highest BCUT2D eigenvalue weighted by Gasteiger charge is 2.08. The predicted octanol–water partition coefficient (Wildman–Crippen LogP) is 1.84. The number of rotatable bonds is 4. The first-order chi connectivity index (χ1) is 8.20. The molecule has 0 aliphatic heterocycles. The lowest BCUT2D eigenvalue weighted by molar-refractivity contribution is 0.577. The molecule has 0 aliphatic carbocycles. The molecule has 0 amide bonds. The number of nitrogens with zero attached hydrogens (tertiary/aromatic N) is 3. The second-order valence-electron chi connectivity index (χ2n) is 3.65. The number of halogens is 2. The van der Waals surface area contributed by atoms with Crippen molar-refractivity contribution in [2.75, 3.05) is 7.05 Å². The Bertz CT molecular complexity index is 512. The topological polar surface area (TPSA) is 42.7 Å². The molecule has 0 atom stereocenters. The van der Waals surface area contributed by atoms with Gasteiger partial charge in [-0.3, -0.25) is 0 Å². The summed E-state index contributed by atoms with van der Waals surface area (Å²) in [6.07, 6.45) is 1.77. The summed E-state index contributed by atoms with van der Waals surface area (Å²) in [4.78, 5) is 0. The molecular weight excluding hydrogens is 243 g/mol. The molecule has 4 nitrogen and oxygen atoms in total. The van der Waals surface area contributed by atoms with Crippen LogP contribution in [0.5, 0.6) is 0 Å². The van der Waals surface area contributed by atoms with E-state index in [1.807, 2.05) is 7.05 Å². The molecule has 0 saturated carbocycles. The lowest BCUT2D eigenvalue weighted by Crippen LogP contribution is -2.05. The molecule has 0 spiro atoms. The average Bonchev–Trinajstić information content (AvgIpc) is 2.73. The van der Waals surface area contributed by atoms with Gasteiger partial charge in [0, 0.05) is 12.1 Å². The lowest BCUT2D eigenvalue weighted by Gasteiger charge is -2.03. The number of hydrogen-bond donors (Lipinski definition) is 1. The van der Waals surface area contributed by atoms with Gasteiger partial charge in [0.2, 0.25) is 0 Å². The van der Waals surface area contributed by atoms with Crippen LogP contribution in [-0.2, 0) is 13.1 Å². The molecule has 0 saturated heterocycles. The molecule has 1 heterocycles. The zero-order valence-corrected chi connectivity index (χ0v) is 10.1. The molecule has 1 aromatic heterocycles. The van der Waals surface area contributed by atoms with Crippen molar-refractivity contribution in [2.24, 2.45) is 0 Å². The molecule has 17 heavy (non-hydrogen) atoms. The minimum absolute atomic E-state index is 0.123. The minimum atomic E-state index is -0.403. The van der Waals surface area contributed by atoms with Gasteiger partial charge in [0.25, 0.3) is 0 Å². The van der Waals surface area contributed by atoms with Gasteiger partial charge < -0.3 is 5.32 Å². The summed E-state index contributed by atoms with van der Waals surface area (Å²) >= 11 is 5.70. The predicted molar refractivity (Wildman–Crippen MR) is 63.3 cm³/mol. The molecule has 0 unspecified atom stereocenters. The van der Waals surface area contributed by atoms with Gasteiger partial charge in [-0.1, -0.05) is 28.9 Å². The zero-order chi connectivity index (χ0) is 12.3. The second kappa shape index (κ2) is 5.25. The van der Waals surface area contributed by atoms with Gasteiger partial charge in [0.15, 0.2) is 0 Å². The Balaban J connectivity index is 2.16. The Hall–Kier alpha value is -1.46. The molecule has 1 N–H and O–H groups in total. The van der Waals surface area contributed by atoms with E-state index in [2.05, 4.69) is 15.6 Å². The summed E-state index contributed by atoms with van der Waals surface area (Å²) in [6.45, 7) is 0.959. The second-order valence-corrected chi connectivity index (χ2v) is 4.06. The van der Waals surface area contributed by atoms with Crippen molar-refractivity contribution in [2.45, 2.75) is 13.1 Å². The van der Waals surface area contributed by atoms with Gasteiger partial charge in [-0.05, 0) is 13.1 Å². The largest absolute Gasteiger partial charge is 0.314 e. The first-order valence-corrected chi connectivity index (χ1v) is 5.55. The van der Waals surface area contributed by atoms with Crippen molar-refractivity contribution in [3.05, 3.63) is 46.5 Å². The first kappa shape index (κ1) is 12.0. The van der Waals surface area contributed by atoms with E-state index in [1.54, 1.807) is 23.0 Å². The third-order valence-electron chi connectivity index (χ3n) is 2.31. The Morgan fingerprint density at radius 2 is 2.29 bits per heavy atom. The van der Waals surface area contributed by atoms with Crippen LogP contribution in [0.15, 0.2) is 24.4 Å². The molecular formula is C11H12ClFN4. The Kier molecular flexibility index (Phi) is 3.71. The van der Waals surface area contributed by atoms with E-state index in [0.29, 0.717) is 18.7 Å². The van der Waals surface area contributed by atoms with Crippen LogP contribution in [0.2, 0.25) is 5.02 Å². The Morgan fingerprint density at radius 3 is 3.06 bits per heavy atom. The quantitative estimate of drug-likeness (QED) is 0.905. The van der Waals surface area contributed by atoms with Crippen molar-refractivity contribution >= 4 is 11.6 Å². The van der Waals surface area contributed by atoms with Crippen LogP contribution in [0.3, 0.4) is 0 Å². The van der Waals surface area contributed by atoms with E-state index < -0.39 is 5.82 Å². The molecule has 0 aliphatic rings. The SMILES string of the molecule is CNCc1cn(Cc2cccc(Cl)c2F)nn1. The third-order valence-corrected chi connectivity index (χ3v) is 2.60. The van der Waals surface area contributed by atoms with E-state index in [-0.39, 0.29) is 5.02 Å². The van der Waals surface area contributed by atoms with E-state index in [1.165, 1.54) is 6.07 Å². The molecule has 2 aromatic rings. The Morgan fingerprint density at radius 1 is 1.47 bits per heavy atom. The lowest BCUT2D eigenvalue weighted by atomic mass is 10.2. The summed E-state index contributed by atoms with van der Waals surface area (Å²) in [5.74, 6) is -0.403.